The van der Waals surface area contributed by atoms with Gasteiger partial charge in [0, 0.05) is 10.1 Å². The van der Waals surface area contributed by atoms with Gasteiger partial charge in [-0.25, -0.2) is 0 Å². The summed E-state index contributed by atoms with van der Waals surface area (Å²) < 4.78 is 3.79. The Morgan fingerprint density at radius 3 is 1.66 bits per heavy atom. The molecule has 0 nitrogen and oxygen atoms in total. The molecule has 0 saturated carbocycles. The van der Waals surface area contributed by atoms with Gasteiger partial charge in [-0.3, -0.25) is 0 Å². The smallest absolute Gasteiger partial charge is 0.0853 e. The second-order valence-corrected chi connectivity index (χ2v) is 11.7. The average molecular weight is 544 g/mol. The molecular formula is C26H40Br2S. The highest BCUT2D eigenvalue weighted by atomic mass is 79.9. The summed E-state index contributed by atoms with van der Waals surface area (Å²) in [6.07, 6.45) is 24.2. The second-order valence-electron chi connectivity index (χ2n) is 8.57. The van der Waals surface area contributed by atoms with Crippen molar-refractivity contribution in [1.82, 2.24) is 0 Å². The Kier molecular flexibility index (Phi) is 13.9. The maximum atomic E-state index is 3.66. The lowest BCUT2D eigenvalue weighted by Gasteiger charge is -2.04. The van der Waals surface area contributed by atoms with Crippen molar-refractivity contribution in [3.8, 4) is 0 Å². The predicted molar refractivity (Wildman–Crippen MR) is 140 cm³/mol. The van der Waals surface area contributed by atoms with Crippen LogP contribution in [-0.4, -0.2) is 0 Å². The molecule has 0 radical (unpaired) electrons. The van der Waals surface area contributed by atoms with E-state index in [-0.39, 0.29) is 0 Å². The fraction of sp³-hybridized carbons (Fsp3) is 0.692. The van der Waals surface area contributed by atoms with E-state index in [1.165, 1.54) is 133 Å². The highest BCUT2D eigenvalue weighted by Gasteiger charge is 2.07. The van der Waals surface area contributed by atoms with Crippen LogP contribution < -0.4 is 0 Å². The zero-order valence-corrected chi connectivity index (χ0v) is 22.4. The molecule has 164 valence electrons. The minimum absolute atomic E-state index is 1.20. The van der Waals surface area contributed by atoms with Gasteiger partial charge < -0.3 is 0 Å². The first-order valence-electron chi connectivity index (χ1n) is 12.1. The number of unbranched alkanes of at least 4 members (excludes halogenated alkanes) is 15. The van der Waals surface area contributed by atoms with Crippen LogP contribution in [0.3, 0.4) is 0 Å². The Morgan fingerprint density at radius 2 is 1.14 bits per heavy atom. The predicted octanol–water partition coefficient (Wildman–Crippen LogP) is 11.2. The molecule has 0 unspecified atom stereocenters. The van der Waals surface area contributed by atoms with Gasteiger partial charge in [0.1, 0.15) is 0 Å². The molecule has 0 fully saturated rings. The largest absolute Gasteiger partial charge is 0.127 e. The summed E-state index contributed by atoms with van der Waals surface area (Å²) in [5.41, 5.74) is 1.49. The molecule has 0 spiro atoms. The molecular weight excluding hydrogens is 504 g/mol. The van der Waals surface area contributed by atoms with Gasteiger partial charge in [-0.1, -0.05) is 115 Å². The van der Waals surface area contributed by atoms with E-state index in [9.17, 15) is 0 Å². The van der Waals surface area contributed by atoms with Crippen molar-refractivity contribution in [3.63, 3.8) is 0 Å². The van der Waals surface area contributed by atoms with Crippen LogP contribution in [0, 0.1) is 0 Å². The Hall–Kier alpha value is 0.140. The number of benzene rings is 1. The van der Waals surface area contributed by atoms with Crippen molar-refractivity contribution in [2.75, 3.05) is 0 Å². The fourth-order valence-electron chi connectivity index (χ4n) is 4.11. The number of rotatable bonds is 17. The van der Waals surface area contributed by atoms with E-state index in [2.05, 4.69) is 57.0 Å². The van der Waals surface area contributed by atoms with Crippen molar-refractivity contribution in [2.45, 2.75) is 116 Å². The highest BCUT2D eigenvalue weighted by Crippen LogP contribution is 2.39. The standard InChI is InChI=1S/C26H40Br2S/c1-2-3-4-5-6-7-8-9-10-11-12-13-14-15-16-17-18-22-19-20-23-24(21-22)29-26(28)25(23)27/h19-21H,2-18H2,1H3. The molecule has 0 aliphatic rings. The minimum Gasteiger partial charge on any atom is -0.127 e. The van der Waals surface area contributed by atoms with Crippen LogP contribution in [0.2, 0.25) is 0 Å². The van der Waals surface area contributed by atoms with E-state index in [1.807, 2.05) is 11.3 Å². The minimum atomic E-state index is 1.20. The van der Waals surface area contributed by atoms with Crippen molar-refractivity contribution >= 4 is 53.3 Å². The van der Waals surface area contributed by atoms with E-state index < -0.39 is 0 Å². The molecule has 1 aromatic carbocycles. The molecule has 1 aromatic heterocycles. The molecule has 0 saturated heterocycles. The van der Waals surface area contributed by atoms with Crippen LogP contribution in [0.1, 0.15) is 115 Å². The van der Waals surface area contributed by atoms with E-state index in [4.69, 9.17) is 0 Å². The number of fused-ring (bicyclic) bond motifs is 1. The zero-order valence-electron chi connectivity index (χ0n) is 18.4. The van der Waals surface area contributed by atoms with Crippen LogP contribution in [0.25, 0.3) is 10.1 Å². The van der Waals surface area contributed by atoms with E-state index in [1.54, 1.807) is 0 Å². The molecule has 29 heavy (non-hydrogen) atoms. The van der Waals surface area contributed by atoms with Crippen molar-refractivity contribution in [3.05, 3.63) is 32.0 Å². The summed E-state index contributed by atoms with van der Waals surface area (Å²) in [6.45, 7) is 2.30. The maximum Gasteiger partial charge on any atom is 0.0853 e. The monoisotopic (exact) mass is 542 g/mol. The first kappa shape index (κ1) is 25.4. The van der Waals surface area contributed by atoms with Gasteiger partial charge in [0.15, 0.2) is 0 Å². The molecule has 0 atom stereocenters. The molecule has 3 heteroatoms. The Bertz CT molecular complexity index is 677. The number of aryl methyl sites for hydroxylation is 1. The van der Waals surface area contributed by atoms with Gasteiger partial charge in [0.25, 0.3) is 0 Å². The molecule has 1 heterocycles. The van der Waals surface area contributed by atoms with Gasteiger partial charge >= 0.3 is 0 Å². The third kappa shape index (κ3) is 10.3. The van der Waals surface area contributed by atoms with Crippen LogP contribution in [0.5, 0.6) is 0 Å². The van der Waals surface area contributed by atoms with Gasteiger partial charge in [-0.2, -0.15) is 0 Å². The third-order valence-electron chi connectivity index (χ3n) is 5.97. The third-order valence-corrected chi connectivity index (χ3v) is 9.41. The van der Waals surface area contributed by atoms with Crippen LogP contribution in [-0.2, 0) is 6.42 Å². The van der Waals surface area contributed by atoms with Gasteiger partial charge in [0.05, 0.1) is 8.26 Å². The highest BCUT2D eigenvalue weighted by molar-refractivity contribution is 9.13. The van der Waals surface area contributed by atoms with Gasteiger partial charge in [-0.15, -0.1) is 11.3 Å². The maximum absolute atomic E-state index is 3.66. The summed E-state index contributed by atoms with van der Waals surface area (Å²) in [5, 5.41) is 1.33. The van der Waals surface area contributed by atoms with Crippen LogP contribution in [0.15, 0.2) is 26.5 Å². The average Bonchev–Trinajstić information content (AvgIpc) is 3.01. The molecule has 0 aliphatic carbocycles. The molecule has 0 amide bonds. The number of thiophene rings is 1. The first-order valence-corrected chi connectivity index (χ1v) is 14.5. The Balaban J connectivity index is 1.38. The first-order chi connectivity index (χ1) is 14.2. The number of hydrogen-bond acceptors (Lipinski definition) is 1. The summed E-state index contributed by atoms with van der Waals surface area (Å²) in [4.78, 5) is 0. The molecule has 0 aliphatic heterocycles. The van der Waals surface area contributed by atoms with Crippen LogP contribution in [0.4, 0.5) is 0 Å². The molecule has 2 aromatic rings. The zero-order chi connectivity index (χ0) is 20.7. The quantitative estimate of drug-likeness (QED) is 0.174. The normalized spacial score (nSPS) is 11.6. The summed E-state index contributed by atoms with van der Waals surface area (Å²) in [5.74, 6) is 0. The van der Waals surface area contributed by atoms with Crippen molar-refractivity contribution < 1.29 is 0 Å². The van der Waals surface area contributed by atoms with Crippen molar-refractivity contribution in [1.29, 1.82) is 0 Å². The summed E-state index contributed by atoms with van der Waals surface area (Å²) in [6, 6.07) is 6.95. The molecule has 2 rings (SSSR count). The van der Waals surface area contributed by atoms with Crippen molar-refractivity contribution in [2.24, 2.45) is 0 Å². The van der Waals surface area contributed by atoms with E-state index >= 15 is 0 Å². The Labute approximate surface area is 200 Å². The topological polar surface area (TPSA) is 0 Å². The SMILES string of the molecule is CCCCCCCCCCCCCCCCCCc1ccc2c(Br)c(Br)sc2c1. The fourth-order valence-corrected chi connectivity index (χ4v) is 6.45. The summed E-state index contributed by atoms with van der Waals surface area (Å²) >= 11 is 9.12. The number of halogens is 2. The lowest BCUT2D eigenvalue weighted by Crippen LogP contribution is -1.86. The molecule has 0 bridgehead atoms. The van der Waals surface area contributed by atoms with Crippen LogP contribution >= 0.6 is 43.2 Å². The van der Waals surface area contributed by atoms with Gasteiger partial charge in [-0.05, 0) is 56.3 Å². The number of hydrogen-bond donors (Lipinski definition) is 0. The van der Waals surface area contributed by atoms with E-state index in [0.717, 1.165) is 0 Å². The summed E-state index contributed by atoms with van der Waals surface area (Å²) in [7, 11) is 0. The Morgan fingerprint density at radius 1 is 0.655 bits per heavy atom. The van der Waals surface area contributed by atoms with E-state index in [0.29, 0.717) is 0 Å². The van der Waals surface area contributed by atoms with Gasteiger partial charge in [0.2, 0.25) is 0 Å². The second kappa shape index (κ2) is 15.9. The lowest BCUT2D eigenvalue weighted by molar-refractivity contribution is 0.529. The molecule has 0 N–H and O–H groups in total. The lowest BCUT2D eigenvalue weighted by atomic mass is 10.0.